The summed E-state index contributed by atoms with van der Waals surface area (Å²) in [5.41, 5.74) is -0.850. The standard InChI is InChI=1S/C9H18NO/c1-7(2)9(11)6-4-5-8(3)10-9/h7-8,10H,4-6H2,1-3H3/t8?,9-/m0/s1. The van der Waals surface area contributed by atoms with E-state index in [4.69, 9.17) is 0 Å². The van der Waals surface area contributed by atoms with Crippen molar-refractivity contribution in [1.82, 2.24) is 5.32 Å². The molecule has 2 nitrogen and oxygen atoms in total. The first-order valence-corrected chi connectivity index (χ1v) is 4.53. The lowest BCUT2D eigenvalue weighted by Crippen LogP contribution is -2.54. The van der Waals surface area contributed by atoms with Crippen molar-refractivity contribution in [3.8, 4) is 0 Å². The summed E-state index contributed by atoms with van der Waals surface area (Å²) in [5, 5.41) is 15.1. The zero-order valence-electron chi connectivity index (χ0n) is 7.68. The van der Waals surface area contributed by atoms with Crippen LogP contribution in [0.2, 0.25) is 0 Å². The van der Waals surface area contributed by atoms with E-state index in [1.54, 1.807) is 0 Å². The molecule has 1 aliphatic heterocycles. The third-order valence-electron chi connectivity index (χ3n) is 2.61. The third kappa shape index (κ3) is 1.94. The van der Waals surface area contributed by atoms with Gasteiger partial charge in [0.15, 0.2) is 5.72 Å². The van der Waals surface area contributed by atoms with Crippen LogP contribution in [0.3, 0.4) is 0 Å². The Bertz CT molecular complexity index is 136. The fourth-order valence-corrected chi connectivity index (χ4v) is 1.69. The van der Waals surface area contributed by atoms with Gasteiger partial charge in [0, 0.05) is 6.04 Å². The zero-order chi connectivity index (χ0) is 8.48. The Morgan fingerprint density at radius 2 is 2.18 bits per heavy atom. The molecule has 65 valence electrons. The van der Waals surface area contributed by atoms with Crippen LogP contribution >= 0.6 is 0 Å². The molecule has 1 N–H and O–H groups in total. The summed E-state index contributed by atoms with van der Waals surface area (Å²) in [5.74, 6) is 0.199. The van der Waals surface area contributed by atoms with Gasteiger partial charge in [-0.2, -0.15) is 0 Å². The van der Waals surface area contributed by atoms with E-state index in [-0.39, 0.29) is 5.92 Å². The van der Waals surface area contributed by atoms with E-state index < -0.39 is 5.72 Å². The topological polar surface area (TPSA) is 31.9 Å². The lowest BCUT2D eigenvalue weighted by molar-refractivity contribution is -0.122. The molecule has 11 heavy (non-hydrogen) atoms. The lowest BCUT2D eigenvalue weighted by Gasteiger charge is -2.38. The van der Waals surface area contributed by atoms with Crippen molar-refractivity contribution in [3.63, 3.8) is 0 Å². The van der Waals surface area contributed by atoms with Crippen molar-refractivity contribution in [2.75, 3.05) is 0 Å². The van der Waals surface area contributed by atoms with Gasteiger partial charge in [-0.1, -0.05) is 13.8 Å². The smallest absolute Gasteiger partial charge is 0.156 e. The Kier molecular flexibility index (Phi) is 2.55. The Balaban J connectivity index is 2.55. The van der Waals surface area contributed by atoms with Gasteiger partial charge in [0.05, 0.1) is 0 Å². The molecule has 1 saturated heterocycles. The van der Waals surface area contributed by atoms with E-state index in [1.165, 1.54) is 0 Å². The highest BCUT2D eigenvalue weighted by Crippen LogP contribution is 2.27. The fourth-order valence-electron chi connectivity index (χ4n) is 1.69. The summed E-state index contributed by atoms with van der Waals surface area (Å²) in [6, 6.07) is 0.406. The van der Waals surface area contributed by atoms with Crippen LogP contribution in [0, 0.1) is 5.92 Å². The van der Waals surface area contributed by atoms with Crippen molar-refractivity contribution >= 4 is 0 Å². The van der Waals surface area contributed by atoms with Crippen molar-refractivity contribution in [2.45, 2.75) is 51.8 Å². The van der Waals surface area contributed by atoms with Crippen LogP contribution in [0.15, 0.2) is 0 Å². The Hall–Kier alpha value is -0.0800. The maximum absolute atomic E-state index is 11.9. The minimum absolute atomic E-state index is 0.199. The second-order valence-electron chi connectivity index (χ2n) is 3.98. The van der Waals surface area contributed by atoms with Gasteiger partial charge in [0.25, 0.3) is 0 Å². The van der Waals surface area contributed by atoms with Crippen LogP contribution in [-0.2, 0) is 5.11 Å². The molecule has 1 fully saturated rings. The minimum atomic E-state index is -0.850. The van der Waals surface area contributed by atoms with E-state index in [1.807, 2.05) is 13.8 Å². The molecular formula is C9H18NO. The first-order chi connectivity index (χ1) is 5.04. The van der Waals surface area contributed by atoms with Crippen LogP contribution in [0.1, 0.15) is 40.0 Å². The van der Waals surface area contributed by atoms with Crippen LogP contribution in [0.4, 0.5) is 0 Å². The molecule has 2 heteroatoms. The molecule has 0 aliphatic carbocycles. The normalized spacial score (nSPS) is 39.5. The first-order valence-electron chi connectivity index (χ1n) is 4.53. The van der Waals surface area contributed by atoms with Gasteiger partial charge in [-0.15, -0.1) is 0 Å². The molecule has 0 amide bonds. The predicted molar refractivity (Wildman–Crippen MR) is 44.7 cm³/mol. The number of piperidine rings is 1. The quantitative estimate of drug-likeness (QED) is 0.618. The second-order valence-corrected chi connectivity index (χ2v) is 3.98. The Labute approximate surface area is 69.0 Å². The van der Waals surface area contributed by atoms with Crippen molar-refractivity contribution < 1.29 is 5.11 Å². The molecule has 0 aromatic carbocycles. The van der Waals surface area contributed by atoms with Crippen LogP contribution < -0.4 is 5.32 Å². The largest absolute Gasteiger partial charge is 0.284 e. The predicted octanol–water partition coefficient (Wildman–Crippen LogP) is 1.93. The number of hydrogen-bond donors (Lipinski definition) is 1. The van der Waals surface area contributed by atoms with Crippen LogP contribution in [0.5, 0.6) is 0 Å². The maximum atomic E-state index is 11.9. The molecule has 1 unspecified atom stereocenters. The van der Waals surface area contributed by atoms with Gasteiger partial charge in [-0.05, 0) is 32.1 Å². The molecule has 1 aliphatic rings. The summed E-state index contributed by atoms with van der Waals surface area (Å²) in [6.45, 7) is 6.09. The number of rotatable bonds is 1. The minimum Gasteiger partial charge on any atom is -0.284 e. The summed E-state index contributed by atoms with van der Waals surface area (Å²) in [7, 11) is 0. The molecule has 2 atom stereocenters. The summed E-state index contributed by atoms with van der Waals surface area (Å²) >= 11 is 0. The zero-order valence-corrected chi connectivity index (χ0v) is 7.68. The highest BCUT2D eigenvalue weighted by molar-refractivity contribution is 4.86. The molecule has 0 bridgehead atoms. The van der Waals surface area contributed by atoms with Gasteiger partial charge < -0.3 is 0 Å². The van der Waals surface area contributed by atoms with Gasteiger partial charge in [-0.25, -0.2) is 5.11 Å². The van der Waals surface area contributed by atoms with Gasteiger partial charge in [0.1, 0.15) is 0 Å². The van der Waals surface area contributed by atoms with E-state index in [0.29, 0.717) is 6.04 Å². The Morgan fingerprint density at radius 3 is 2.55 bits per heavy atom. The lowest BCUT2D eigenvalue weighted by atomic mass is 9.88. The highest BCUT2D eigenvalue weighted by Gasteiger charge is 2.36. The second kappa shape index (κ2) is 3.11. The summed E-state index contributed by atoms with van der Waals surface area (Å²) in [4.78, 5) is 0. The van der Waals surface area contributed by atoms with Crippen molar-refractivity contribution in [2.24, 2.45) is 5.92 Å². The van der Waals surface area contributed by atoms with Gasteiger partial charge in [-0.3, -0.25) is 5.32 Å². The number of hydrogen-bond acceptors (Lipinski definition) is 1. The molecule has 0 saturated carbocycles. The third-order valence-corrected chi connectivity index (χ3v) is 2.61. The van der Waals surface area contributed by atoms with E-state index in [9.17, 15) is 5.11 Å². The molecule has 1 radical (unpaired) electrons. The first kappa shape index (κ1) is 9.01. The average molecular weight is 156 g/mol. The van der Waals surface area contributed by atoms with Gasteiger partial charge >= 0.3 is 0 Å². The van der Waals surface area contributed by atoms with E-state index >= 15 is 0 Å². The van der Waals surface area contributed by atoms with E-state index in [2.05, 4.69) is 12.2 Å². The molecule has 1 rings (SSSR count). The molecule has 0 aromatic rings. The number of nitrogens with one attached hydrogen (secondary N) is 1. The van der Waals surface area contributed by atoms with Crippen molar-refractivity contribution in [3.05, 3.63) is 0 Å². The fraction of sp³-hybridized carbons (Fsp3) is 1.00. The average Bonchev–Trinajstić information content (AvgIpc) is 1.86. The summed E-state index contributed by atoms with van der Waals surface area (Å²) in [6.07, 6.45) is 3.02. The maximum Gasteiger partial charge on any atom is 0.156 e. The SMILES string of the molecule is CC1CCC[C@]([O])(C(C)C)N1. The molecular weight excluding hydrogens is 138 g/mol. The van der Waals surface area contributed by atoms with Crippen molar-refractivity contribution in [1.29, 1.82) is 0 Å². The molecule has 0 spiro atoms. The Morgan fingerprint density at radius 1 is 1.55 bits per heavy atom. The molecule has 1 heterocycles. The molecule has 0 aromatic heterocycles. The monoisotopic (exact) mass is 156 g/mol. The van der Waals surface area contributed by atoms with Crippen LogP contribution in [-0.4, -0.2) is 11.8 Å². The van der Waals surface area contributed by atoms with E-state index in [0.717, 1.165) is 19.3 Å². The van der Waals surface area contributed by atoms with Crippen LogP contribution in [0.25, 0.3) is 0 Å². The summed E-state index contributed by atoms with van der Waals surface area (Å²) < 4.78 is 0. The van der Waals surface area contributed by atoms with Gasteiger partial charge in [0.2, 0.25) is 0 Å². The highest BCUT2D eigenvalue weighted by atomic mass is 16.3.